The molecule has 5 aromatic rings. The number of hydrogen-bond acceptors (Lipinski definition) is 5. The molecule has 0 bridgehead atoms. The highest BCUT2D eigenvalue weighted by Crippen LogP contribution is 2.39. The Morgan fingerprint density at radius 2 is 1.64 bits per heavy atom. The highest BCUT2D eigenvalue weighted by atomic mass is 19.4. The number of halogens is 3. The highest BCUT2D eigenvalue weighted by molar-refractivity contribution is 6.09. The summed E-state index contributed by atoms with van der Waals surface area (Å²) in [6, 6.07) is 11.2. The topological polar surface area (TPSA) is 64.7 Å². The smallest absolute Gasteiger partial charge is 0.418 e. The third-order valence-electron chi connectivity index (χ3n) is 4.56. The lowest BCUT2D eigenvalue weighted by Gasteiger charge is -2.11. The second kappa shape index (κ2) is 5.72. The molecule has 3 aromatic heterocycles. The quantitative estimate of drug-likeness (QED) is 0.394. The predicted molar refractivity (Wildman–Crippen MR) is 97.6 cm³/mol. The van der Waals surface area contributed by atoms with Crippen molar-refractivity contribution in [2.24, 2.45) is 0 Å². The van der Waals surface area contributed by atoms with E-state index in [9.17, 15) is 13.2 Å². The molecule has 3 heterocycles. The highest BCUT2D eigenvalue weighted by Gasteiger charge is 2.34. The number of hydrogen-bond donors (Lipinski definition) is 0. The Kier molecular flexibility index (Phi) is 3.39. The van der Waals surface area contributed by atoms with Gasteiger partial charge in [0.2, 0.25) is 0 Å². The second-order valence-corrected chi connectivity index (χ2v) is 6.35. The standard InChI is InChI=1S/C20H11F3N4O/c1-10-25-18-17(16-12-6-3-2-5-11(12)9-24-27-16)26-15-13(19(18)28-10)7-4-8-14(15)20(21,22)23/h2-9H,1H3. The van der Waals surface area contributed by atoms with Crippen LogP contribution in [-0.2, 0) is 6.18 Å². The van der Waals surface area contributed by atoms with Gasteiger partial charge in [0.25, 0.3) is 0 Å². The van der Waals surface area contributed by atoms with E-state index in [0.717, 1.165) is 16.8 Å². The Labute approximate surface area is 155 Å². The molecule has 5 nitrogen and oxygen atoms in total. The first-order chi connectivity index (χ1) is 13.4. The van der Waals surface area contributed by atoms with Crippen LogP contribution in [-0.4, -0.2) is 20.2 Å². The summed E-state index contributed by atoms with van der Waals surface area (Å²) in [5.74, 6) is 0.330. The van der Waals surface area contributed by atoms with Crippen LogP contribution in [0, 0.1) is 6.92 Å². The molecule has 0 saturated carbocycles. The number of aryl methyl sites for hydroxylation is 1. The third-order valence-corrected chi connectivity index (χ3v) is 4.56. The maximum absolute atomic E-state index is 13.6. The fourth-order valence-electron chi connectivity index (χ4n) is 3.38. The van der Waals surface area contributed by atoms with E-state index in [4.69, 9.17) is 4.42 Å². The molecule has 0 N–H and O–H groups in total. The van der Waals surface area contributed by atoms with Crippen LogP contribution in [0.15, 0.2) is 53.1 Å². The van der Waals surface area contributed by atoms with Crippen LogP contribution in [0.5, 0.6) is 0 Å². The summed E-state index contributed by atoms with van der Waals surface area (Å²) in [5, 5.41) is 9.91. The molecule has 2 aromatic carbocycles. The van der Waals surface area contributed by atoms with E-state index in [2.05, 4.69) is 20.2 Å². The van der Waals surface area contributed by atoms with Crippen LogP contribution in [0.1, 0.15) is 11.5 Å². The molecule has 28 heavy (non-hydrogen) atoms. The van der Waals surface area contributed by atoms with Gasteiger partial charge in [-0.25, -0.2) is 9.97 Å². The summed E-state index contributed by atoms with van der Waals surface area (Å²) in [6.45, 7) is 1.64. The van der Waals surface area contributed by atoms with Crippen LogP contribution in [0.4, 0.5) is 13.2 Å². The normalized spacial score (nSPS) is 12.3. The molecule has 0 spiro atoms. The van der Waals surface area contributed by atoms with Crippen LogP contribution in [0.2, 0.25) is 0 Å². The van der Waals surface area contributed by atoms with Gasteiger partial charge < -0.3 is 4.42 Å². The van der Waals surface area contributed by atoms with E-state index in [1.54, 1.807) is 19.2 Å². The maximum atomic E-state index is 13.6. The van der Waals surface area contributed by atoms with Gasteiger partial charge in [-0.2, -0.15) is 18.3 Å². The molecule has 0 radical (unpaired) electrons. The van der Waals surface area contributed by atoms with E-state index in [-0.39, 0.29) is 22.2 Å². The molecule has 0 aliphatic rings. The van der Waals surface area contributed by atoms with Gasteiger partial charge in [0.1, 0.15) is 16.9 Å². The first kappa shape index (κ1) is 16.6. The van der Waals surface area contributed by atoms with Gasteiger partial charge in [0.15, 0.2) is 11.5 Å². The van der Waals surface area contributed by atoms with E-state index < -0.39 is 11.7 Å². The molecule has 0 aliphatic carbocycles. The summed E-state index contributed by atoms with van der Waals surface area (Å²) in [5.41, 5.74) is 0.128. The average Bonchev–Trinajstić information content (AvgIpc) is 3.07. The SMILES string of the molecule is Cc1nc2c(-c3nncc4ccccc34)nc3c(C(F)(F)F)cccc3c2o1. The first-order valence-corrected chi connectivity index (χ1v) is 8.41. The molecule has 0 unspecified atom stereocenters. The minimum atomic E-state index is -4.56. The zero-order valence-electron chi connectivity index (χ0n) is 14.4. The number of fused-ring (bicyclic) bond motifs is 4. The number of alkyl halides is 3. The fraction of sp³-hybridized carbons (Fsp3) is 0.100. The van der Waals surface area contributed by atoms with Gasteiger partial charge in [0, 0.05) is 23.1 Å². The van der Waals surface area contributed by atoms with Crippen molar-refractivity contribution in [3.63, 3.8) is 0 Å². The van der Waals surface area contributed by atoms with Crippen molar-refractivity contribution in [3.8, 4) is 11.4 Å². The van der Waals surface area contributed by atoms with Crippen molar-refractivity contribution in [1.82, 2.24) is 20.2 Å². The van der Waals surface area contributed by atoms with Crippen molar-refractivity contribution >= 4 is 32.8 Å². The van der Waals surface area contributed by atoms with E-state index in [1.807, 2.05) is 24.3 Å². The second-order valence-electron chi connectivity index (χ2n) is 6.35. The molecule has 138 valence electrons. The summed E-state index contributed by atoms with van der Waals surface area (Å²) in [4.78, 5) is 8.72. The zero-order chi connectivity index (χ0) is 19.5. The lowest BCUT2D eigenvalue weighted by Crippen LogP contribution is -2.07. The van der Waals surface area contributed by atoms with Crippen LogP contribution >= 0.6 is 0 Å². The van der Waals surface area contributed by atoms with Gasteiger partial charge in [-0.15, -0.1) is 5.10 Å². The third kappa shape index (κ3) is 2.41. The first-order valence-electron chi connectivity index (χ1n) is 8.41. The Hall–Kier alpha value is -3.55. The Balaban J connectivity index is 1.98. The van der Waals surface area contributed by atoms with Gasteiger partial charge in [-0.3, -0.25) is 0 Å². The average molecular weight is 380 g/mol. The summed E-state index contributed by atoms with van der Waals surface area (Å²) in [7, 11) is 0. The number of pyridine rings is 1. The van der Waals surface area contributed by atoms with Crippen molar-refractivity contribution in [2.75, 3.05) is 0 Å². The Morgan fingerprint density at radius 3 is 2.46 bits per heavy atom. The van der Waals surface area contributed by atoms with Crippen LogP contribution in [0.25, 0.3) is 44.2 Å². The molecule has 0 amide bonds. The van der Waals surface area contributed by atoms with Gasteiger partial charge in [0.05, 0.1) is 17.3 Å². The molecular weight excluding hydrogens is 369 g/mol. The zero-order valence-corrected chi connectivity index (χ0v) is 14.4. The lowest BCUT2D eigenvalue weighted by molar-refractivity contribution is -0.136. The molecular formula is C20H11F3N4O. The number of oxazole rings is 1. The number of para-hydroxylation sites is 1. The molecule has 0 atom stereocenters. The molecule has 0 fully saturated rings. The number of benzene rings is 2. The van der Waals surface area contributed by atoms with Crippen LogP contribution < -0.4 is 0 Å². The van der Waals surface area contributed by atoms with E-state index >= 15 is 0 Å². The lowest BCUT2D eigenvalue weighted by atomic mass is 10.0. The van der Waals surface area contributed by atoms with Crippen LogP contribution in [0.3, 0.4) is 0 Å². The molecule has 0 saturated heterocycles. The van der Waals surface area contributed by atoms with Gasteiger partial charge in [-0.1, -0.05) is 30.3 Å². The Morgan fingerprint density at radius 1 is 0.857 bits per heavy atom. The number of nitrogens with zero attached hydrogens (tertiary/aromatic N) is 4. The fourth-order valence-corrected chi connectivity index (χ4v) is 3.38. The van der Waals surface area contributed by atoms with Gasteiger partial charge in [-0.05, 0) is 12.1 Å². The molecule has 0 aliphatic heterocycles. The summed E-state index contributed by atoms with van der Waals surface area (Å²) >= 11 is 0. The number of aromatic nitrogens is 4. The van der Waals surface area contributed by atoms with Crippen molar-refractivity contribution in [3.05, 3.63) is 60.1 Å². The summed E-state index contributed by atoms with van der Waals surface area (Å²) in [6.07, 6.45) is -2.97. The van der Waals surface area contributed by atoms with Crippen molar-refractivity contribution in [2.45, 2.75) is 13.1 Å². The minimum Gasteiger partial charge on any atom is -0.440 e. The van der Waals surface area contributed by atoms with Gasteiger partial charge >= 0.3 is 6.18 Å². The van der Waals surface area contributed by atoms with Crippen molar-refractivity contribution in [1.29, 1.82) is 0 Å². The molecule has 5 rings (SSSR count). The van der Waals surface area contributed by atoms with E-state index in [1.165, 1.54) is 6.07 Å². The monoisotopic (exact) mass is 380 g/mol. The van der Waals surface area contributed by atoms with Crippen molar-refractivity contribution < 1.29 is 17.6 Å². The molecule has 8 heteroatoms. The van der Waals surface area contributed by atoms with E-state index in [0.29, 0.717) is 17.1 Å². The Bertz CT molecular complexity index is 1370. The largest absolute Gasteiger partial charge is 0.440 e. The maximum Gasteiger partial charge on any atom is 0.418 e. The number of rotatable bonds is 1. The summed E-state index contributed by atoms with van der Waals surface area (Å²) < 4.78 is 46.4. The predicted octanol–water partition coefficient (Wildman–Crippen LogP) is 5.31. The minimum absolute atomic E-state index is 0.205.